The van der Waals surface area contributed by atoms with Crippen molar-refractivity contribution in [1.29, 1.82) is 0 Å². The Morgan fingerprint density at radius 2 is 2.12 bits per heavy atom. The van der Waals surface area contributed by atoms with Gasteiger partial charge in [0.1, 0.15) is 17.0 Å². The number of ether oxygens (including phenoxy) is 2. The molecule has 1 fully saturated rings. The molecule has 0 aromatic heterocycles. The number of amides is 2. The van der Waals surface area contributed by atoms with Crippen LogP contribution in [-0.2, 0) is 9.59 Å². The van der Waals surface area contributed by atoms with Crippen LogP contribution in [0.4, 0.5) is 5.69 Å². The van der Waals surface area contributed by atoms with E-state index in [4.69, 9.17) is 14.6 Å². The lowest BCUT2D eigenvalue weighted by molar-refractivity contribution is -0.128. The van der Waals surface area contributed by atoms with Gasteiger partial charge in [0.2, 0.25) is 11.8 Å². The summed E-state index contributed by atoms with van der Waals surface area (Å²) in [7, 11) is 3.08. The van der Waals surface area contributed by atoms with Gasteiger partial charge in [-0.25, -0.2) is 0 Å². The van der Waals surface area contributed by atoms with Crippen LogP contribution in [0.25, 0.3) is 0 Å². The SMILES string of the molecule is COc1ccc(NC(=O)CSC2NC(=O)C(CCO)C(C)N2)c(OC)c1. The standard InChI is InChI=1S/C17H25N3O5S/c1-10-12(6-7-21)16(23)20-17(18-10)26-9-15(22)19-13-5-4-11(24-2)8-14(13)25-3/h4-5,8,10,12,17-18,21H,6-7,9H2,1-3H3,(H,19,22)(H,20,23). The first-order chi connectivity index (χ1) is 12.5. The van der Waals surface area contributed by atoms with E-state index in [9.17, 15) is 9.59 Å². The molecule has 1 aliphatic heterocycles. The lowest BCUT2D eigenvalue weighted by Gasteiger charge is -2.35. The van der Waals surface area contributed by atoms with Crippen LogP contribution < -0.4 is 25.4 Å². The average molecular weight is 383 g/mol. The average Bonchev–Trinajstić information content (AvgIpc) is 2.63. The molecule has 0 saturated carbocycles. The van der Waals surface area contributed by atoms with E-state index in [1.54, 1.807) is 25.3 Å². The van der Waals surface area contributed by atoms with Gasteiger partial charge in [-0.1, -0.05) is 0 Å². The minimum atomic E-state index is -0.351. The maximum absolute atomic E-state index is 12.2. The van der Waals surface area contributed by atoms with Crippen molar-refractivity contribution in [2.45, 2.75) is 24.9 Å². The smallest absolute Gasteiger partial charge is 0.234 e. The number of benzene rings is 1. The molecule has 1 aromatic rings. The number of methoxy groups -OCH3 is 2. The summed E-state index contributed by atoms with van der Waals surface area (Å²) in [4.78, 5) is 24.3. The molecular weight excluding hydrogens is 358 g/mol. The third kappa shape index (κ3) is 5.26. The van der Waals surface area contributed by atoms with E-state index < -0.39 is 0 Å². The molecule has 1 aromatic carbocycles. The van der Waals surface area contributed by atoms with E-state index in [1.807, 2.05) is 6.92 Å². The van der Waals surface area contributed by atoms with Crippen LogP contribution in [0.5, 0.6) is 11.5 Å². The van der Waals surface area contributed by atoms with Gasteiger partial charge in [0, 0.05) is 18.7 Å². The third-order valence-corrected chi connectivity index (χ3v) is 5.15. The molecule has 0 bridgehead atoms. The van der Waals surface area contributed by atoms with E-state index in [1.165, 1.54) is 18.9 Å². The first-order valence-electron chi connectivity index (χ1n) is 8.29. The predicted molar refractivity (Wildman–Crippen MR) is 100 cm³/mol. The topological polar surface area (TPSA) is 109 Å². The number of aliphatic hydroxyl groups excluding tert-OH is 1. The van der Waals surface area contributed by atoms with Crippen LogP contribution in [0.15, 0.2) is 18.2 Å². The Labute approximate surface area is 157 Å². The van der Waals surface area contributed by atoms with Crippen LogP contribution in [0.1, 0.15) is 13.3 Å². The van der Waals surface area contributed by atoms with Gasteiger partial charge in [0.15, 0.2) is 0 Å². The summed E-state index contributed by atoms with van der Waals surface area (Å²) in [5.41, 5.74) is 0.201. The number of aliphatic hydroxyl groups is 1. The van der Waals surface area contributed by atoms with Crippen LogP contribution in [0.2, 0.25) is 0 Å². The Hall–Kier alpha value is -1.97. The Bertz CT molecular complexity index is 643. The highest BCUT2D eigenvalue weighted by Gasteiger charge is 2.33. The van der Waals surface area contributed by atoms with E-state index in [2.05, 4.69) is 16.0 Å². The summed E-state index contributed by atoms with van der Waals surface area (Å²) in [6.07, 6.45) is 0.412. The quantitative estimate of drug-likeness (QED) is 0.525. The Balaban J connectivity index is 1.87. The summed E-state index contributed by atoms with van der Waals surface area (Å²) >= 11 is 1.29. The van der Waals surface area contributed by atoms with Gasteiger partial charge in [-0.05, 0) is 25.5 Å². The molecular formula is C17H25N3O5S. The number of hydrogen-bond donors (Lipinski definition) is 4. The van der Waals surface area contributed by atoms with Crippen molar-refractivity contribution < 1.29 is 24.2 Å². The Morgan fingerprint density at radius 1 is 1.35 bits per heavy atom. The normalized spacial score (nSPS) is 22.5. The molecule has 3 unspecified atom stereocenters. The van der Waals surface area contributed by atoms with Crippen molar-refractivity contribution in [2.75, 3.05) is 31.9 Å². The molecule has 0 spiro atoms. The molecule has 26 heavy (non-hydrogen) atoms. The maximum Gasteiger partial charge on any atom is 0.234 e. The van der Waals surface area contributed by atoms with E-state index in [-0.39, 0.29) is 41.6 Å². The first-order valence-corrected chi connectivity index (χ1v) is 9.34. The van der Waals surface area contributed by atoms with Gasteiger partial charge in [-0.3, -0.25) is 14.9 Å². The second-order valence-electron chi connectivity index (χ2n) is 5.89. The fraction of sp³-hybridized carbons (Fsp3) is 0.529. The van der Waals surface area contributed by atoms with E-state index >= 15 is 0 Å². The highest BCUT2D eigenvalue weighted by Crippen LogP contribution is 2.29. The van der Waals surface area contributed by atoms with Crippen LogP contribution in [-0.4, -0.2) is 55.0 Å². The molecule has 144 valence electrons. The van der Waals surface area contributed by atoms with Gasteiger partial charge in [0.05, 0.1) is 31.6 Å². The summed E-state index contributed by atoms with van der Waals surface area (Å²) in [5, 5.41) is 17.9. The number of thioether (sulfide) groups is 1. The number of nitrogens with one attached hydrogen (secondary N) is 3. The summed E-state index contributed by atoms with van der Waals surface area (Å²) in [6.45, 7) is 1.86. The number of carbonyl (C=O) groups excluding carboxylic acids is 2. The minimum absolute atomic E-state index is 0.0337. The monoisotopic (exact) mass is 383 g/mol. The number of anilines is 1. The maximum atomic E-state index is 12.2. The molecule has 1 aliphatic rings. The molecule has 4 N–H and O–H groups in total. The lowest BCUT2D eigenvalue weighted by atomic mass is 9.95. The van der Waals surface area contributed by atoms with E-state index in [0.717, 1.165) is 0 Å². The third-order valence-electron chi connectivity index (χ3n) is 4.13. The zero-order valence-electron chi connectivity index (χ0n) is 15.1. The molecule has 0 aliphatic carbocycles. The number of carbonyl (C=O) groups is 2. The van der Waals surface area contributed by atoms with Crippen molar-refractivity contribution in [3.63, 3.8) is 0 Å². The molecule has 0 radical (unpaired) electrons. The van der Waals surface area contributed by atoms with Crippen molar-refractivity contribution in [3.05, 3.63) is 18.2 Å². The molecule has 2 rings (SSSR count). The fourth-order valence-corrected chi connectivity index (χ4v) is 3.62. The van der Waals surface area contributed by atoms with Gasteiger partial charge < -0.3 is 25.2 Å². The number of rotatable bonds is 8. The summed E-state index contributed by atoms with van der Waals surface area (Å²) in [6, 6.07) is 5.06. The second-order valence-corrected chi connectivity index (χ2v) is 6.98. The van der Waals surface area contributed by atoms with Crippen molar-refractivity contribution in [1.82, 2.24) is 10.6 Å². The molecule has 9 heteroatoms. The van der Waals surface area contributed by atoms with Crippen LogP contribution >= 0.6 is 11.8 Å². The molecule has 3 atom stereocenters. The Morgan fingerprint density at radius 3 is 2.73 bits per heavy atom. The summed E-state index contributed by atoms with van der Waals surface area (Å²) < 4.78 is 10.4. The highest BCUT2D eigenvalue weighted by molar-refractivity contribution is 8.00. The largest absolute Gasteiger partial charge is 0.497 e. The predicted octanol–water partition coefficient (Wildman–Crippen LogP) is 0.766. The lowest BCUT2D eigenvalue weighted by Crippen LogP contribution is -2.59. The van der Waals surface area contributed by atoms with Gasteiger partial charge in [0.25, 0.3) is 0 Å². The second kappa shape index (κ2) is 9.65. The van der Waals surface area contributed by atoms with Gasteiger partial charge in [-0.2, -0.15) is 0 Å². The first kappa shape index (κ1) is 20.3. The molecule has 1 saturated heterocycles. The van der Waals surface area contributed by atoms with Gasteiger partial charge in [-0.15, -0.1) is 11.8 Å². The Kier molecular flexibility index (Phi) is 7.55. The van der Waals surface area contributed by atoms with Gasteiger partial charge >= 0.3 is 0 Å². The van der Waals surface area contributed by atoms with Crippen molar-refractivity contribution in [2.24, 2.45) is 5.92 Å². The van der Waals surface area contributed by atoms with Crippen molar-refractivity contribution >= 4 is 29.3 Å². The zero-order chi connectivity index (χ0) is 19.1. The molecule has 2 amide bonds. The fourth-order valence-electron chi connectivity index (χ4n) is 2.72. The van der Waals surface area contributed by atoms with Crippen LogP contribution in [0.3, 0.4) is 0 Å². The molecule has 8 nitrogen and oxygen atoms in total. The molecule has 1 heterocycles. The zero-order valence-corrected chi connectivity index (χ0v) is 15.9. The van der Waals surface area contributed by atoms with Crippen molar-refractivity contribution in [3.8, 4) is 11.5 Å². The summed E-state index contributed by atoms with van der Waals surface area (Å²) in [5.74, 6) is 0.709. The minimum Gasteiger partial charge on any atom is -0.497 e. The van der Waals surface area contributed by atoms with E-state index in [0.29, 0.717) is 23.6 Å². The highest BCUT2D eigenvalue weighted by atomic mass is 32.2. The van der Waals surface area contributed by atoms with Crippen LogP contribution in [0, 0.1) is 5.92 Å². The number of hydrogen-bond acceptors (Lipinski definition) is 7.